The Balaban J connectivity index is 1.72. The number of anilines is 1. The van der Waals surface area contributed by atoms with Crippen molar-refractivity contribution in [3.8, 4) is 5.75 Å². The van der Waals surface area contributed by atoms with Crippen LogP contribution in [0.2, 0.25) is 0 Å². The number of benzene rings is 1. The fourth-order valence-electron chi connectivity index (χ4n) is 2.53. The Labute approximate surface area is 95.9 Å². The molecular weight excluding hydrogens is 200 g/mol. The van der Waals surface area contributed by atoms with Crippen molar-refractivity contribution in [1.29, 1.82) is 0 Å². The highest BCUT2D eigenvalue weighted by molar-refractivity contribution is 5.59. The number of aromatic hydroxyl groups is 1. The van der Waals surface area contributed by atoms with Crippen molar-refractivity contribution in [3.05, 3.63) is 23.8 Å². The van der Waals surface area contributed by atoms with Crippen LogP contribution in [0, 0.1) is 0 Å². The molecular formula is C13H18N2O. The molecule has 1 aromatic rings. The monoisotopic (exact) mass is 218 g/mol. The van der Waals surface area contributed by atoms with Gasteiger partial charge in [-0.1, -0.05) is 12.5 Å². The first kappa shape index (κ1) is 9.97. The van der Waals surface area contributed by atoms with Gasteiger partial charge < -0.3 is 15.7 Å². The van der Waals surface area contributed by atoms with Gasteiger partial charge in [0.15, 0.2) is 0 Å². The van der Waals surface area contributed by atoms with Crippen LogP contribution in [0.5, 0.6) is 5.75 Å². The fraction of sp³-hybridized carbons (Fsp3) is 0.538. The topological polar surface area (TPSA) is 44.3 Å². The van der Waals surface area contributed by atoms with E-state index in [0.29, 0.717) is 17.8 Å². The van der Waals surface area contributed by atoms with E-state index in [1.54, 1.807) is 6.07 Å². The van der Waals surface area contributed by atoms with Crippen LogP contribution in [0.1, 0.15) is 24.8 Å². The van der Waals surface area contributed by atoms with Gasteiger partial charge in [0.2, 0.25) is 0 Å². The van der Waals surface area contributed by atoms with Gasteiger partial charge in [-0.25, -0.2) is 0 Å². The van der Waals surface area contributed by atoms with Crippen LogP contribution in [0.15, 0.2) is 18.2 Å². The maximum Gasteiger partial charge on any atom is 0.120 e. The van der Waals surface area contributed by atoms with Gasteiger partial charge >= 0.3 is 0 Å². The summed E-state index contributed by atoms with van der Waals surface area (Å²) in [7, 11) is 0. The minimum atomic E-state index is 0.421. The zero-order valence-electron chi connectivity index (χ0n) is 9.37. The van der Waals surface area contributed by atoms with Gasteiger partial charge in [0.05, 0.1) is 0 Å². The number of rotatable bonds is 2. The lowest BCUT2D eigenvalue weighted by Crippen LogP contribution is -2.48. The Morgan fingerprint density at radius 2 is 2.12 bits per heavy atom. The number of phenolic OH excluding ortho intramolecular Hbond substituents is 1. The molecule has 16 heavy (non-hydrogen) atoms. The summed E-state index contributed by atoms with van der Waals surface area (Å²) in [4.78, 5) is 0. The molecule has 3 N–H and O–H groups in total. The third-order valence-corrected chi connectivity index (χ3v) is 3.72. The molecule has 0 saturated heterocycles. The Morgan fingerprint density at radius 1 is 1.25 bits per heavy atom. The summed E-state index contributed by atoms with van der Waals surface area (Å²) < 4.78 is 0. The molecule has 3 heteroatoms. The molecule has 0 amide bonds. The van der Waals surface area contributed by atoms with Gasteiger partial charge in [0.1, 0.15) is 5.75 Å². The van der Waals surface area contributed by atoms with Gasteiger partial charge in [-0.15, -0.1) is 0 Å². The number of hydrogen-bond donors (Lipinski definition) is 3. The Bertz CT molecular complexity index is 388. The first-order chi connectivity index (χ1) is 7.83. The molecule has 1 unspecified atom stereocenters. The van der Waals surface area contributed by atoms with Gasteiger partial charge in [-0.05, 0) is 31.4 Å². The van der Waals surface area contributed by atoms with Crippen molar-refractivity contribution >= 4 is 5.69 Å². The first-order valence-electron chi connectivity index (χ1n) is 6.14. The van der Waals surface area contributed by atoms with Crippen LogP contribution in [-0.4, -0.2) is 23.7 Å². The minimum Gasteiger partial charge on any atom is -0.508 e. The van der Waals surface area contributed by atoms with Crippen LogP contribution < -0.4 is 10.6 Å². The number of fused-ring (bicyclic) bond motifs is 1. The van der Waals surface area contributed by atoms with E-state index in [0.717, 1.165) is 24.2 Å². The number of nitrogens with one attached hydrogen (secondary N) is 2. The predicted octanol–water partition coefficient (Wildman–Crippen LogP) is 1.87. The molecule has 0 radical (unpaired) electrons. The highest BCUT2D eigenvalue weighted by Gasteiger charge is 2.25. The molecule has 0 bridgehead atoms. The van der Waals surface area contributed by atoms with E-state index in [1.165, 1.54) is 19.3 Å². The zero-order chi connectivity index (χ0) is 11.0. The summed E-state index contributed by atoms with van der Waals surface area (Å²) in [5, 5.41) is 16.8. The lowest BCUT2D eigenvalue weighted by atomic mass is 9.90. The van der Waals surface area contributed by atoms with Crippen LogP contribution in [0.3, 0.4) is 0 Å². The first-order valence-corrected chi connectivity index (χ1v) is 6.14. The smallest absolute Gasteiger partial charge is 0.120 e. The lowest BCUT2D eigenvalue weighted by molar-refractivity contribution is 0.303. The van der Waals surface area contributed by atoms with Crippen LogP contribution in [0.25, 0.3) is 0 Å². The highest BCUT2D eigenvalue weighted by atomic mass is 16.3. The largest absolute Gasteiger partial charge is 0.508 e. The molecule has 1 fully saturated rings. The quantitative estimate of drug-likeness (QED) is 0.710. The summed E-state index contributed by atoms with van der Waals surface area (Å²) in [6.07, 6.45) is 4.92. The standard InChI is InChI=1S/C13H18N2O/c16-13-6-2-5-12-11(13)7-10(8-14-12)15-9-3-1-4-9/h2,5-6,9-10,14-16H,1,3-4,7-8H2. The molecule has 3 nitrogen and oxygen atoms in total. The second-order valence-corrected chi connectivity index (χ2v) is 4.88. The summed E-state index contributed by atoms with van der Waals surface area (Å²) in [5.41, 5.74) is 2.15. The number of hydrogen-bond acceptors (Lipinski definition) is 3. The summed E-state index contributed by atoms with van der Waals surface area (Å²) in [6.45, 7) is 0.965. The Hall–Kier alpha value is -1.22. The summed E-state index contributed by atoms with van der Waals surface area (Å²) in [5.74, 6) is 0.421. The normalized spacial score (nSPS) is 24.4. The molecule has 0 spiro atoms. The number of phenols is 1. The maximum atomic E-state index is 9.81. The highest BCUT2D eigenvalue weighted by Crippen LogP contribution is 2.30. The Morgan fingerprint density at radius 3 is 2.88 bits per heavy atom. The lowest BCUT2D eigenvalue weighted by Gasteiger charge is -2.34. The van der Waals surface area contributed by atoms with Crippen LogP contribution in [0.4, 0.5) is 5.69 Å². The molecule has 2 aliphatic rings. The molecule has 1 aliphatic carbocycles. The summed E-state index contributed by atoms with van der Waals surface area (Å²) >= 11 is 0. The second-order valence-electron chi connectivity index (χ2n) is 4.88. The fourth-order valence-corrected chi connectivity index (χ4v) is 2.53. The van der Waals surface area contributed by atoms with Gasteiger partial charge in [0.25, 0.3) is 0 Å². The van der Waals surface area contributed by atoms with E-state index in [2.05, 4.69) is 10.6 Å². The summed E-state index contributed by atoms with van der Waals surface area (Å²) in [6, 6.07) is 6.87. The van der Waals surface area contributed by atoms with E-state index < -0.39 is 0 Å². The Kier molecular flexibility index (Phi) is 2.48. The van der Waals surface area contributed by atoms with Crippen LogP contribution >= 0.6 is 0 Å². The van der Waals surface area contributed by atoms with Gasteiger partial charge in [0, 0.05) is 29.9 Å². The average molecular weight is 218 g/mol. The maximum absolute atomic E-state index is 9.81. The molecule has 3 rings (SSSR count). The van der Waals surface area contributed by atoms with Crippen molar-refractivity contribution in [3.63, 3.8) is 0 Å². The van der Waals surface area contributed by atoms with E-state index in [9.17, 15) is 5.11 Å². The molecule has 0 aromatic heterocycles. The third kappa shape index (κ3) is 1.76. The van der Waals surface area contributed by atoms with Crippen molar-refractivity contribution in [1.82, 2.24) is 5.32 Å². The molecule has 1 aromatic carbocycles. The SMILES string of the molecule is Oc1cccc2c1CC(NC1CCC1)CN2. The average Bonchev–Trinajstić information content (AvgIpc) is 2.24. The molecule has 1 aliphatic heterocycles. The molecule has 86 valence electrons. The van der Waals surface area contributed by atoms with E-state index in [1.807, 2.05) is 12.1 Å². The molecule has 1 atom stereocenters. The third-order valence-electron chi connectivity index (χ3n) is 3.72. The van der Waals surface area contributed by atoms with Crippen molar-refractivity contribution in [2.24, 2.45) is 0 Å². The van der Waals surface area contributed by atoms with Crippen molar-refractivity contribution in [2.75, 3.05) is 11.9 Å². The van der Waals surface area contributed by atoms with Crippen LogP contribution in [-0.2, 0) is 6.42 Å². The van der Waals surface area contributed by atoms with Crippen molar-refractivity contribution < 1.29 is 5.11 Å². The second kappa shape index (κ2) is 3.98. The van der Waals surface area contributed by atoms with E-state index in [4.69, 9.17) is 0 Å². The van der Waals surface area contributed by atoms with Crippen molar-refractivity contribution in [2.45, 2.75) is 37.8 Å². The van der Waals surface area contributed by atoms with Gasteiger partial charge in [-0.2, -0.15) is 0 Å². The van der Waals surface area contributed by atoms with E-state index in [-0.39, 0.29) is 0 Å². The predicted molar refractivity (Wildman–Crippen MR) is 64.9 cm³/mol. The van der Waals surface area contributed by atoms with Gasteiger partial charge in [-0.3, -0.25) is 0 Å². The zero-order valence-corrected chi connectivity index (χ0v) is 9.37. The minimum absolute atomic E-state index is 0.421. The molecule has 1 saturated carbocycles. The van der Waals surface area contributed by atoms with E-state index >= 15 is 0 Å². The molecule has 1 heterocycles.